The molecule has 4 aromatic rings. The van der Waals surface area contributed by atoms with Crippen LogP contribution in [0.5, 0.6) is 6.01 Å². The number of aromatic nitrogens is 4. The van der Waals surface area contributed by atoms with Gasteiger partial charge in [0.15, 0.2) is 5.82 Å². The fourth-order valence-electron chi connectivity index (χ4n) is 6.91. The number of aromatic amines is 1. The molecule has 11 heteroatoms. The van der Waals surface area contributed by atoms with Gasteiger partial charge in [0.1, 0.15) is 17.9 Å². The van der Waals surface area contributed by atoms with Crippen molar-refractivity contribution in [3.05, 3.63) is 53.0 Å². The van der Waals surface area contributed by atoms with Crippen LogP contribution in [0.2, 0.25) is 5.02 Å². The highest BCUT2D eigenvalue weighted by Gasteiger charge is 2.53. The summed E-state index contributed by atoms with van der Waals surface area (Å²) in [5, 5.41) is 9.04. The number of halogens is 2. The van der Waals surface area contributed by atoms with Crippen LogP contribution in [0.1, 0.15) is 24.1 Å². The lowest BCUT2D eigenvalue weighted by atomic mass is 9.72. The number of amides is 1. The highest BCUT2D eigenvalue weighted by molar-refractivity contribution is 6.35. The van der Waals surface area contributed by atoms with Crippen LogP contribution >= 0.6 is 11.6 Å². The van der Waals surface area contributed by atoms with Crippen LogP contribution < -0.4 is 9.64 Å². The number of nitrogens with zero attached hydrogens (tertiary/aromatic N) is 6. The van der Waals surface area contributed by atoms with Crippen molar-refractivity contribution in [2.45, 2.75) is 32.7 Å². The number of likely N-dealkylation sites (N-methyl/N-ethyl adjacent to an activating group) is 1. The predicted molar refractivity (Wildman–Crippen MR) is 162 cm³/mol. The van der Waals surface area contributed by atoms with E-state index >= 15 is 4.39 Å². The lowest BCUT2D eigenvalue weighted by molar-refractivity contribution is -0.139. The number of carbonyl (C=O) groups is 1. The fourth-order valence-corrected chi connectivity index (χ4v) is 7.19. The Bertz CT molecular complexity index is 1760. The van der Waals surface area contributed by atoms with Crippen molar-refractivity contribution in [3.63, 3.8) is 0 Å². The van der Waals surface area contributed by atoms with Crippen LogP contribution in [0.3, 0.4) is 0 Å². The maximum absolute atomic E-state index is 16.8. The Morgan fingerprint density at radius 3 is 2.74 bits per heavy atom. The van der Waals surface area contributed by atoms with E-state index in [1.165, 1.54) is 6.08 Å². The molecule has 5 heterocycles. The molecule has 1 spiro atoms. The number of hydrogen-bond acceptors (Lipinski definition) is 7. The van der Waals surface area contributed by atoms with E-state index in [4.69, 9.17) is 21.3 Å². The third-order valence-corrected chi connectivity index (χ3v) is 9.47. The summed E-state index contributed by atoms with van der Waals surface area (Å²) in [7, 11) is 2.08. The predicted octanol–water partition coefficient (Wildman–Crippen LogP) is 4.89. The highest BCUT2D eigenvalue weighted by Crippen LogP contribution is 2.46. The van der Waals surface area contributed by atoms with Gasteiger partial charge in [-0.25, -0.2) is 4.39 Å². The number of H-pyrrole nitrogens is 1. The molecule has 218 valence electrons. The molecule has 0 saturated carbocycles. The first-order valence-corrected chi connectivity index (χ1v) is 14.7. The molecule has 42 heavy (non-hydrogen) atoms. The number of carbonyl (C=O) groups excluding carboxylic acids is 1. The number of anilines is 1. The number of likely N-dealkylation sites (tertiary alicyclic amines) is 2. The zero-order chi connectivity index (χ0) is 29.3. The van der Waals surface area contributed by atoms with Gasteiger partial charge in [-0.2, -0.15) is 15.1 Å². The monoisotopic (exact) mass is 589 g/mol. The zero-order valence-electron chi connectivity index (χ0n) is 24.0. The Kier molecular flexibility index (Phi) is 6.40. The van der Waals surface area contributed by atoms with Gasteiger partial charge in [0, 0.05) is 65.2 Å². The van der Waals surface area contributed by atoms with Gasteiger partial charge in [-0.05, 0) is 64.1 Å². The lowest BCUT2D eigenvalue weighted by Crippen LogP contribution is -2.73. The van der Waals surface area contributed by atoms with Gasteiger partial charge in [-0.1, -0.05) is 24.2 Å². The van der Waals surface area contributed by atoms with Crippen molar-refractivity contribution in [1.82, 2.24) is 30.0 Å². The summed E-state index contributed by atoms with van der Waals surface area (Å²) in [5.41, 5.74) is 3.62. The molecule has 1 amide bonds. The van der Waals surface area contributed by atoms with Crippen molar-refractivity contribution in [3.8, 4) is 17.1 Å². The van der Waals surface area contributed by atoms with E-state index < -0.39 is 5.82 Å². The molecule has 9 nitrogen and oxygen atoms in total. The van der Waals surface area contributed by atoms with Gasteiger partial charge in [0.05, 0.1) is 10.5 Å². The minimum absolute atomic E-state index is 0.00261. The van der Waals surface area contributed by atoms with Crippen molar-refractivity contribution < 1.29 is 13.9 Å². The molecule has 0 bridgehead atoms. The summed E-state index contributed by atoms with van der Waals surface area (Å²) in [5.74, 6) is 0.0242. The average Bonchev–Trinajstić information content (AvgIpc) is 3.51. The standard InChI is InChI=1S/C31H33ClFN7O2/c1-5-23(41)39-13-31(14-39)15-40(16-31)29-20-11-21(32)26(24-17(2)8-9-22-25(24)18(3)36-37-22)27(33)28(20)34-30(35-29)42-12-19-7-6-10-38(19)4/h5,8-9,11,19H,1,6-7,10,12-16H2,2-4H3,(H,36,37)/t19-/m0/s1. The molecule has 0 radical (unpaired) electrons. The lowest BCUT2D eigenvalue weighted by Gasteiger charge is -2.60. The van der Waals surface area contributed by atoms with Gasteiger partial charge in [-0.3, -0.25) is 9.89 Å². The molecule has 3 fully saturated rings. The Morgan fingerprint density at radius 2 is 2.02 bits per heavy atom. The molecule has 7 rings (SSSR count). The van der Waals surface area contributed by atoms with E-state index in [1.54, 1.807) is 11.0 Å². The second-order valence-corrected chi connectivity index (χ2v) is 12.5. The molecule has 1 atom stereocenters. The molecule has 0 unspecified atom stereocenters. The maximum Gasteiger partial charge on any atom is 0.319 e. The number of nitrogens with one attached hydrogen (secondary N) is 1. The summed E-state index contributed by atoms with van der Waals surface area (Å²) in [6, 6.07) is 6.03. The zero-order valence-corrected chi connectivity index (χ0v) is 24.8. The van der Waals surface area contributed by atoms with E-state index in [1.807, 2.05) is 26.0 Å². The summed E-state index contributed by atoms with van der Waals surface area (Å²) in [6.07, 6.45) is 3.50. The highest BCUT2D eigenvalue weighted by atomic mass is 35.5. The van der Waals surface area contributed by atoms with Gasteiger partial charge in [0.2, 0.25) is 5.91 Å². The van der Waals surface area contributed by atoms with Crippen LogP contribution in [0, 0.1) is 25.1 Å². The Hall–Kier alpha value is -3.76. The summed E-state index contributed by atoms with van der Waals surface area (Å²) in [4.78, 5) is 27.6. The van der Waals surface area contributed by atoms with Crippen LogP contribution in [-0.4, -0.2) is 88.3 Å². The second-order valence-electron chi connectivity index (χ2n) is 12.1. The molecule has 3 saturated heterocycles. The second kappa shape index (κ2) is 9.91. The van der Waals surface area contributed by atoms with E-state index in [0.717, 1.165) is 41.5 Å². The molecular formula is C31H33ClFN7O2. The minimum Gasteiger partial charge on any atom is -0.462 e. The summed E-state index contributed by atoms with van der Waals surface area (Å²) < 4.78 is 22.9. The first kappa shape index (κ1) is 27.1. The average molecular weight is 590 g/mol. The van der Waals surface area contributed by atoms with E-state index in [9.17, 15) is 4.79 Å². The first-order chi connectivity index (χ1) is 20.2. The van der Waals surface area contributed by atoms with Gasteiger partial charge >= 0.3 is 6.01 Å². The maximum atomic E-state index is 16.8. The minimum atomic E-state index is -0.512. The number of hydrogen-bond donors (Lipinski definition) is 1. The summed E-state index contributed by atoms with van der Waals surface area (Å²) >= 11 is 6.91. The number of benzene rings is 2. The molecule has 3 aliphatic rings. The SMILES string of the molecule is C=CC(=O)N1CC2(C1)CN(c1nc(OC[C@@H]3CCCN3C)nc3c(F)c(-c4c(C)ccc5n[nH]c(C)c45)c(Cl)cc13)C2. The van der Waals surface area contributed by atoms with E-state index in [2.05, 4.69) is 38.6 Å². The molecule has 1 N–H and O–H groups in total. The number of rotatable bonds is 6. The molecule has 2 aromatic heterocycles. The van der Waals surface area contributed by atoms with Crippen molar-refractivity contribution >= 4 is 45.1 Å². The molecule has 3 aliphatic heterocycles. The van der Waals surface area contributed by atoms with Crippen molar-refractivity contribution in [2.75, 3.05) is 51.3 Å². The molecular weight excluding hydrogens is 557 g/mol. The third-order valence-electron chi connectivity index (χ3n) is 9.17. The van der Waals surface area contributed by atoms with E-state index in [-0.39, 0.29) is 33.9 Å². The van der Waals surface area contributed by atoms with Crippen LogP contribution in [0.15, 0.2) is 30.9 Å². The van der Waals surface area contributed by atoms with Gasteiger partial charge < -0.3 is 19.4 Å². The Balaban J connectivity index is 1.31. The number of fused-ring (bicyclic) bond motifs is 2. The van der Waals surface area contributed by atoms with Crippen molar-refractivity contribution in [1.29, 1.82) is 0 Å². The molecule has 0 aliphatic carbocycles. The van der Waals surface area contributed by atoms with Crippen LogP contribution in [0.25, 0.3) is 32.9 Å². The molecule has 2 aromatic carbocycles. The van der Waals surface area contributed by atoms with Crippen LogP contribution in [-0.2, 0) is 4.79 Å². The Morgan fingerprint density at radius 1 is 1.24 bits per heavy atom. The number of aryl methyl sites for hydroxylation is 2. The van der Waals surface area contributed by atoms with Crippen molar-refractivity contribution in [2.24, 2.45) is 5.41 Å². The smallest absolute Gasteiger partial charge is 0.319 e. The van der Waals surface area contributed by atoms with Gasteiger partial charge in [0.25, 0.3) is 0 Å². The van der Waals surface area contributed by atoms with E-state index in [0.29, 0.717) is 55.1 Å². The first-order valence-electron chi connectivity index (χ1n) is 14.3. The largest absolute Gasteiger partial charge is 0.462 e. The third kappa shape index (κ3) is 4.22. The van der Waals surface area contributed by atoms with Crippen LogP contribution in [0.4, 0.5) is 10.2 Å². The number of ether oxygens (including phenoxy) is 1. The normalized spacial score (nSPS) is 19.9. The topological polar surface area (TPSA) is 90.5 Å². The fraction of sp³-hybridized carbons (Fsp3) is 0.419. The Labute approximate surface area is 248 Å². The van der Waals surface area contributed by atoms with Gasteiger partial charge in [-0.15, -0.1) is 0 Å². The quantitative estimate of drug-likeness (QED) is 0.320. The summed E-state index contributed by atoms with van der Waals surface area (Å²) in [6.45, 7) is 11.6.